The molecule has 6 rings (SSSR count). The van der Waals surface area contributed by atoms with Gasteiger partial charge in [-0.05, 0) is 61.3 Å². The Kier molecular flexibility index (Phi) is 7.84. The number of aliphatic hydroxyl groups is 2. The van der Waals surface area contributed by atoms with Crippen LogP contribution in [-0.4, -0.2) is 58.4 Å². The molecular formula is C27H33F3N6O3. The number of rotatable bonds is 11. The first kappa shape index (κ1) is 27.4. The van der Waals surface area contributed by atoms with Crippen LogP contribution < -0.4 is 20.7 Å². The van der Waals surface area contributed by atoms with Gasteiger partial charge in [-0.15, -0.1) is 13.2 Å². The molecule has 4 bridgehead atoms. The number of para-hydroxylation sites is 1. The molecule has 2 aromatic rings. The van der Waals surface area contributed by atoms with Crippen molar-refractivity contribution in [3.8, 4) is 11.8 Å². The Morgan fingerprint density at radius 1 is 1.10 bits per heavy atom. The van der Waals surface area contributed by atoms with Crippen LogP contribution in [0.4, 0.5) is 24.9 Å². The number of halogens is 3. The van der Waals surface area contributed by atoms with Crippen LogP contribution in [0.15, 0.2) is 30.5 Å². The van der Waals surface area contributed by atoms with E-state index in [0.29, 0.717) is 41.2 Å². The number of hydrogen-bond donors (Lipinski definition) is 5. The molecule has 12 heteroatoms. The van der Waals surface area contributed by atoms with E-state index < -0.39 is 6.36 Å². The molecule has 5 atom stereocenters. The van der Waals surface area contributed by atoms with Crippen molar-refractivity contribution >= 4 is 11.8 Å². The van der Waals surface area contributed by atoms with Gasteiger partial charge < -0.3 is 30.9 Å². The van der Waals surface area contributed by atoms with Gasteiger partial charge in [-0.1, -0.05) is 18.2 Å². The average Bonchev–Trinajstić information content (AvgIpc) is 2.90. The minimum Gasteiger partial charge on any atom is -0.405 e. The van der Waals surface area contributed by atoms with Gasteiger partial charge in [-0.25, -0.2) is 4.98 Å². The normalized spacial score (nSPS) is 27.4. The molecule has 5 N–H and O–H groups in total. The van der Waals surface area contributed by atoms with Crippen molar-refractivity contribution in [2.45, 2.75) is 57.1 Å². The summed E-state index contributed by atoms with van der Waals surface area (Å²) in [5, 5.41) is 38.5. The summed E-state index contributed by atoms with van der Waals surface area (Å²) < 4.78 is 42.4. The van der Waals surface area contributed by atoms with Crippen LogP contribution in [0.25, 0.3) is 0 Å². The number of benzene rings is 1. The van der Waals surface area contributed by atoms with E-state index in [0.717, 1.165) is 32.1 Å². The predicted octanol–water partition coefficient (Wildman–Crippen LogP) is 3.41. The number of nitrogens with zero attached hydrogens (tertiary/aromatic N) is 3. The third-order valence-corrected chi connectivity index (χ3v) is 8.44. The Morgan fingerprint density at radius 2 is 1.82 bits per heavy atom. The summed E-state index contributed by atoms with van der Waals surface area (Å²) in [6.45, 7) is 0.471. The van der Waals surface area contributed by atoms with Crippen LogP contribution in [-0.2, 0) is 6.54 Å². The quantitative estimate of drug-likeness (QED) is 0.287. The van der Waals surface area contributed by atoms with Crippen molar-refractivity contribution in [3.05, 3.63) is 41.6 Å². The minimum atomic E-state index is -4.80. The van der Waals surface area contributed by atoms with Gasteiger partial charge >= 0.3 is 6.36 Å². The topological polar surface area (TPSA) is 135 Å². The Balaban J connectivity index is 1.25. The van der Waals surface area contributed by atoms with Gasteiger partial charge in [0.05, 0.1) is 25.5 Å². The number of nitriles is 1. The maximum absolute atomic E-state index is 12.8. The molecule has 1 aromatic heterocycles. The number of ether oxygens (including phenoxy) is 1. The molecule has 0 spiro atoms. The van der Waals surface area contributed by atoms with Gasteiger partial charge in [0.25, 0.3) is 0 Å². The number of nitrogens with one attached hydrogen (secondary N) is 3. The van der Waals surface area contributed by atoms with E-state index in [1.165, 1.54) is 24.4 Å². The minimum absolute atomic E-state index is 0.00360. The highest BCUT2D eigenvalue weighted by Crippen LogP contribution is 2.60. The van der Waals surface area contributed by atoms with Crippen LogP contribution in [0.3, 0.4) is 0 Å². The number of hydrogen-bond acceptors (Lipinski definition) is 9. The average molecular weight is 547 g/mol. The Morgan fingerprint density at radius 3 is 2.49 bits per heavy atom. The number of aliphatic hydroxyl groups excluding tert-OH is 2. The highest BCUT2D eigenvalue weighted by atomic mass is 19.4. The molecule has 1 aromatic carbocycles. The zero-order valence-electron chi connectivity index (χ0n) is 21.4. The van der Waals surface area contributed by atoms with Gasteiger partial charge in [0.1, 0.15) is 23.2 Å². The van der Waals surface area contributed by atoms with Crippen LogP contribution >= 0.6 is 0 Å². The van der Waals surface area contributed by atoms with E-state index in [-0.39, 0.29) is 49.0 Å². The lowest BCUT2D eigenvalue weighted by Gasteiger charge is -2.60. The summed E-state index contributed by atoms with van der Waals surface area (Å²) >= 11 is 0. The summed E-state index contributed by atoms with van der Waals surface area (Å²) in [4.78, 5) is 8.63. The fourth-order valence-electron chi connectivity index (χ4n) is 7.12. The highest BCUT2D eigenvalue weighted by Gasteiger charge is 2.55. The molecule has 4 aliphatic carbocycles. The predicted molar refractivity (Wildman–Crippen MR) is 137 cm³/mol. The van der Waals surface area contributed by atoms with E-state index in [1.54, 1.807) is 6.07 Å². The number of anilines is 2. The van der Waals surface area contributed by atoms with Crippen molar-refractivity contribution < 1.29 is 28.1 Å². The third-order valence-electron chi connectivity index (χ3n) is 8.44. The van der Waals surface area contributed by atoms with Crippen molar-refractivity contribution in [2.75, 3.05) is 30.4 Å². The maximum Gasteiger partial charge on any atom is 0.573 e. The molecule has 4 saturated carbocycles. The van der Waals surface area contributed by atoms with Crippen LogP contribution in [0.2, 0.25) is 0 Å². The molecule has 1 heterocycles. The lowest BCUT2D eigenvalue weighted by Crippen LogP contribution is -2.61. The largest absolute Gasteiger partial charge is 0.573 e. The molecule has 4 aliphatic rings. The Labute approximate surface area is 224 Å². The van der Waals surface area contributed by atoms with Gasteiger partial charge in [-0.2, -0.15) is 10.2 Å². The van der Waals surface area contributed by atoms with E-state index in [4.69, 9.17) is 0 Å². The second-order valence-corrected chi connectivity index (χ2v) is 11.2. The molecule has 4 fully saturated rings. The first-order chi connectivity index (χ1) is 18.7. The summed E-state index contributed by atoms with van der Waals surface area (Å²) in [7, 11) is 0. The summed E-state index contributed by atoms with van der Waals surface area (Å²) in [5.74, 6) is 1.85. The van der Waals surface area contributed by atoms with E-state index >= 15 is 0 Å². The molecule has 0 amide bonds. The molecule has 210 valence electrons. The van der Waals surface area contributed by atoms with Gasteiger partial charge in [-0.3, -0.25) is 0 Å². The molecule has 39 heavy (non-hydrogen) atoms. The maximum atomic E-state index is 12.8. The summed E-state index contributed by atoms with van der Waals surface area (Å²) in [6.07, 6.45) is 2.03. The molecule has 9 nitrogen and oxygen atoms in total. The zero-order chi connectivity index (χ0) is 27.6. The first-order valence-corrected chi connectivity index (χ1v) is 13.3. The molecular weight excluding hydrogens is 513 g/mol. The first-order valence-electron chi connectivity index (χ1n) is 13.3. The second-order valence-electron chi connectivity index (χ2n) is 11.2. The lowest BCUT2D eigenvalue weighted by atomic mass is 9.48. The van der Waals surface area contributed by atoms with Gasteiger partial charge in [0, 0.05) is 24.7 Å². The smallest absolute Gasteiger partial charge is 0.405 e. The third kappa shape index (κ3) is 6.21. The molecule has 0 saturated heterocycles. The van der Waals surface area contributed by atoms with Crippen molar-refractivity contribution in [1.82, 2.24) is 15.3 Å². The van der Waals surface area contributed by atoms with Crippen molar-refractivity contribution in [3.63, 3.8) is 0 Å². The number of aromatic nitrogens is 2. The summed E-state index contributed by atoms with van der Waals surface area (Å²) in [5.41, 5.74) is 0.653. The van der Waals surface area contributed by atoms with E-state index in [1.807, 2.05) is 0 Å². The second kappa shape index (κ2) is 11.2. The monoisotopic (exact) mass is 546 g/mol. The van der Waals surface area contributed by atoms with Gasteiger partial charge in [0.2, 0.25) is 5.95 Å². The van der Waals surface area contributed by atoms with Crippen molar-refractivity contribution in [1.29, 1.82) is 5.26 Å². The highest BCUT2D eigenvalue weighted by molar-refractivity contribution is 5.53. The van der Waals surface area contributed by atoms with Crippen LogP contribution in [0, 0.1) is 34.5 Å². The molecule has 0 radical (unpaired) electrons. The van der Waals surface area contributed by atoms with E-state index in [2.05, 4.69) is 36.7 Å². The zero-order valence-corrected chi connectivity index (χ0v) is 21.4. The van der Waals surface area contributed by atoms with Crippen LogP contribution in [0.1, 0.15) is 43.2 Å². The van der Waals surface area contributed by atoms with E-state index in [9.17, 15) is 28.6 Å². The fourth-order valence-corrected chi connectivity index (χ4v) is 7.12. The van der Waals surface area contributed by atoms with Crippen molar-refractivity contribution in [2.24, 2.45) is 23.2 Å². The Hall–Kier alpha value is -3.14. The standard InChI is InChI=1S/C27H33F3N6O3/c28-27(29,30)39-22-4-2-1-3-17(22)11-32-25-33-12-20(10-31)24(36-25)34-15-26-7-16-5-18(8-26)23(19(6-16)9-26)35-21(13-37)14-38/h1-4,12,16,18-19,21,23,35,37-38H,5-9,11,13-15H2,(H2,32,33,34,36)/t16?,18-,19+,23?,26?. The number of alkyl halides is 3. The SMILES string of the molecule is N#Cc1cnc(NCc2ccccc2OC(F)(F)F)nc1NCC12CC3C[C@H](C1)C(NC(CO)CO)[C@@H](C3)C2. The lowest BCUT2D eigenvalue weighted by molar-refractivity contribution is -0.274. The summed E-state index contributed by atoms with van der Waals surface area (Å²) in [6, 6.07) is 7.94. The molecule has 3 unspecified atom stereocenters. The van der Waals surface area contributed by atoms with Crippen LogP contribution in [0.5, 0.6) is 5.75 Å². The fraction of sp³-hybridized carbons (Fsp3) is 0.593. The Bertz CT molecular complexity index is 1190. The van der Waals surface area contributed by atoms with Gasteiger partial charge in [0.15, 0.2) is 0 Å². The molecule has 0 aliphatic heterocycles.